The van der Waals surface area contributed by atoms with Gasteiger partial charge in [0.25, 0.3) is 0 Å². The van der Waals surface area contributed by atoms with Crippen LogP contribution in [0.1, 0.15) is 11.3 Å². The van der Waals surface area contributed by atoms with Gasteiger partial charge in [0.1, 0.15) is 5.69 Å². The van der Waals surface area contributed by atoms with E-state index in [1.165, 1.54) is 11.3 Å². The van der Waals surface area contributed by atoms with Gasteiger partial charge in [-0.05, 0) is 24.3 Å². The lowest BCUT2D eigenvalue weighted by Gasteiger charge is -2.00. The van der Waals surface area contributed by atoms with Crippen LogP contribution in [0.15, 0.2) is 83.9 Å². The Morgan fingerprint density at radius 2 is 2.06 bits per heavy atom. The Kier molecular flexibility index (Phi) is 5.07. The van der Waals surface area contributed by atoms with Gasteiger partial charge in [0.05, 0.1) is 24.0 Å². The Morgan fingerprint density at radius 3 is 2.87 bits per heavy atom. The van der Waals surface area contributed by atoms with Crippen LogP contribution in [-0.4, -0.2) is 36.3 Å². The van der Waals surface area contributed by atoms with E-state index in [4.69, 9.17) is 5.10 Å². The Labute approximate surface area is 181 Å². The fourth-order valence-electron chi connectivity index (χ4n) is 3.16. The van der Waals surface area contributed by atoms with E-state index in [-0.39, 0.29) is 12.3 Å². The summed E-state index contributed by atoms with van der Waals surface area (Å²) in [6.45, 7) is 0. The van der Waals surface area contributed by atoms with Gasteiger partial charge in [-0.1, -0.05) is 18.2 Å². The Hall–Kier alpha value is -4.11. The lowest BCUT2D eigenvalue weighted by Crippen LogP contribution is -2.19. The van der Waals surface area contributed by atoms with Crippen molar-refractivity contribution in [2.75, 3.05) is 0 Å². The standard InChI is InChI=1S/C22H17N7OS/c30-20(11-18-15-28-9-10-31-22(28)25-18)26-24-13-17-14-29(19-6-2-1-3-7-19)27-21(17)16-5-4-8-23-12-16/h1-10,12-15H,11H2,(H,26,30)/b24-13+. The number of fused-ring (bicyclic) bond motifs is 1. The molecule has 9 heteroatoms. The van der Waals surface area contributed by atoms with E-state index in [0.29, 0.717) is 5.69 Å². The third-order valence-electron chi connectivity index (χ3n) is 4.58. The summed E-state index contributed by atoms with van der Waals surface area (Å²) in [6, 6.07) is 13.6. The molecule has 1 aromatic carbocycles. The second kappa shape index (κ2) is 8.33. The highest BCUT2D eigenvalue weighted by Crippen LogP contribution is 2.21. The van der Waals surface area contributed by atoms with Crippen LogP contribution >= 0.6 is 11.3 Å². The number of carbonyl (C=O) groups is 1. The van der Waals surface area contributed by atoms with Crippen molar-refractivity contribution in [1.29, 1.82) is 0 Å². The van der Waals surface area contributed by atoms with Crippen molar-refractivity contribution < 1.29 is 4.79 Å². The van der Waals surface area contributed by atoms with Crippen molar-refractivity contribution in [2.24, 2.45) is 5.10 Å². The van der Waals surface area contributed by atoms with Gasteiger partial charge in [-0.2, -0.15) is 10.2 Å². The summed E-state index contributed by atoms with van der Waals surface area (Å²) in [4.78, 5) is 21.7. The molecular weight excluding hydrogens is 410 g/mol. The molecule has 0 fully saturated rings. The molecule has 152 valence electrons. The molecule has 0 bridgehead atoms. The van der Waals surface area contributed by atoms with Gasteiger partial charge in [-0.25, -0.2) is 15.1 Å². The van der Waals surface area contributed by atoms with Gasteiger partial charge in [0, 0.05) is 47.5 Å². The van der Waals surface area contributed by atoms with Gasteiger partial charge >= 0.3 is 0 Å². The van der Waals surface area contributed by atoms with Gasteiger partial charge in [0.2, 0.25) is 5.91 Å². The zero-order valence-corrected chi connectivity index (χ0v) is 17.1. The predicted octanol–water partition coefficient (Wildman–Crippen LogP) is 3.34. The van der Waals surface area contributed by atoms with E-state index in [9.17, 15) is 4.79 Å². The first kappa shape index (κ1) is 18.9. The fraction of sp³-hybridized carbons (Fsp3) is 0.0455. The molecule has 0 unspecified atom stereocenters. The number of hydrogen-bond acceptors (Lipinski definition) is 6. The van der Waals surface area contributed by atoms with E-state index in [1.54, 1.807) is 23.3 Å². The van der Waals surface area contributed by atoms with Gasteiger partial charge in [-0.3, -0.25) is 14.2 Å². The van der Waals surface area contributed by atoms with Crippen molar-refractivity contribution in [3.8, 4) is 16.9 Å². The predicted molar refractivity (Wildman–Crippen MR) is 119 cm³/mol. The number of nitrogens with zero attached hydrogens (tertiary/aromatic N) is 6. The van der Waals surface area contributed by atoms with Crippen LogP contribution in [-0.2, 0) is 11.2 Å². The van der Waals surface area contributed by atoms with E-state index < -0.39 is 0 Å². The number of nitrogens with one attached hydrogen (secondary N) is 1. The van der Waals surface area contributed by atoms with Crippen LogP contribution in [0.4, 0.5) is 0 Å². The zero-order valence-electron chi connectivity index (χ0n) is 16.3. The normalized spacial score (nSPS) is 11.4. The molecule has 0 aliphatic heterocycles. The number of hydrogen-bond donors (Lipinski definition) is 1. The van der Waals surface area contributed by atoms with E-state index in [0.717, 1.165) is 27.5 Å². The van der Waals surface area contributed by atoms with Crippen molar-refractivity contribution >= 4 is 28.4 Å². The molecule has 5 rings (SSSR count). The zero-order chi connectivity index (χ0) is 21.0. The molecule has 0 atom stereocenters. The Bertz CT molecular complexity index is 1320. The summed E-state index contributed by atoms with van der Waals surface area (Å²) < 4.78 is 3.68. The van der Waals surface area contributed by atoms with Crippen molar-refractivity contribution in [3.05, 3.63) is 90.1 Å². The number of carbonyl (C=O) groups excluding carboxylic acids is 1. The van der Waals surface area contributed by atoms with Crippen LogP contribution in [0.2, 0.25) is 0 Å². The maximum Gasteiger partial charge on any atom is 0.246 e. The fourth-order valence-corrected chi connectivity index (χ4v) is 3.88. The van der Waals surface area contributed by atoms with Crippen LogP contribution in [0.25, 0.3) is 21.9 Å². The molecule has 5 aromatic rings. The minimum atomic E-state index is -0.236. The number of pyridine rings is 1. The first-order valence-corrected chi connectivity index (χ1v) is 10.4. The van der Waals surface area contributed by atoms with Crippen molar-refractivity contribution in [1.82, 2.24) is 29.6 Å². The van der Waals surface area contributed by atoms with Crippen LogP contribution in [0, 0.1) is 0 Å². The minimum absolute atomic E-state index is 0.157. The number of amides is 1. The highest BCUT2D eigenvalue weighted by atomic mass is 32.1. The van der Waals surface area contributed by atoms with Crippen LogP contribution in [0.3, 0.4) is 0 Å². The number of hydrazone groups is 1. The van der Waals surface area contributed by atoms with Crippen LogP contribution in [0.5, 0.6) is 0 Å². The van der Waals surface area contributed by atoms with Crippen molar-refractivity contribution in [2.45, 2.75) is 6.42 Å². The second-order valence-electron chi connectivity index (χ2n) is 6.75. The molecule has 8 nitrogen and oxygen atoms in total. The Morgan fingerprint density at radius 1 is 1.16 bits per heavy atom. The lowest BCUT2D eigenvalue weighted by molar-refractivity contribution is -0.120. The smallest absolute Gasteiger partial charge is 0.246 e. The first-order valence-electron chi connectivity index (χ1n) is 9.55. The minimum Gasteiger partial charge on any atom is -0.297 e. The maximum absolute atomic E-state index is 12.3. The molecule has 0 aliphatic carbocycles. The quantitative estimate of drug-likeness (QED) is 0.332. The first-order chi connectivity index (χ1) is 15.3. The highest BCUT2D eigenvalue weighted by molar-refractivity contribution is 7.15. The molecule has 4 heterocycles. The largest absolute Gasteiger partial charge is 0.297 e. The van der Waals surface area contributed by atoms with E-state index in [1.807, 2.05) is 70.8 Å². The van der Waals surface area contributed by atoms with E-state index in [2.05, 4.69) is 20.5 Å². The monoisotopic (exact) mass is 427 g/mol. The molecule has 0 radical (unpaired) electrons. The van der Waals surface area contributed by atoms with Crippen molar-refractivity contribution in [3.63, 3.8) is 0 Å². The summed E-state index contributed by atoms with van der Waals surface area (Å²) in [5.74, 6) is -0.236. The molecule has 4 aromatic heterocycles. The summed E-state index contributed by atoms with van der Waals surface area (Å²) in [5.41, 5.74) is 6.56. The van der Waals surface area contributed by atoms with Gasteiger partial charge < -0.3 is 0 Å². The van der Waals surface area contributed by atoms with E-state index >= 15 is 0 Å². The average molecular weight is 427 g/mol. The SMILES string of the molecule is O=C(Cc1cn2ccsc2n1)N/N=C/c1cn(-c2ccccc2)nc1-c1cccnc1. The number of para-hydroxylation sites is 1. The topological polar surface area (TPSA) is 89.5 Å². The molecule has 0 spiro atoms. The molecular formula is C22H17N7OS. The second-order valence-corrected chi connectivity index (χ2v) is 7.62. The molecule has 0 saturated heterocycles. The number of rotatable bonds is 6. The summed E-state index contributed by atoms with van der Waals surface area (Å²) in [7, 11) is 0. The Balaban J connectivity index is 1.35. The molecule has 0 aliphatic rings. The number of thiazole rings is 1. The third-order valence-corrected chi connectivity index (χ3v) is 5.35. The number of imidazole rings is 1. The third kappa shape index (κ3) is 4.12. The summed E-state index contributed by atoms with van der Waals surface area (Å²) in [6.07, 6.45) is 10.8. The maximum atomic E-state index is 12.3. The highest BCUT2D eigenvalue weighted by Gasteiger charge is 2.12. The average Bonchev–Trinajstić information content (AvgIpc) is 3.50. The van der Waals surface area contributed by atoms with Gasteiger partial charge in [0.15, 0.2) is 4.96 Å². The molecule has 1 N–H and O–H groups in total. The summed E-state index contributed by atoms with van der Waals surface area (Å²) in [5, 5.41) is 10.8. The molecule has 31 heavy (non-hydrogen) atoms. The number of aromatic nitrogens is 5. The lowest BCUT2D eigenvalue weighted by atomic mass is 10.1. The molecule has 0 saturated carbocycles. The number of benzene rings is 1. The van der Waals surface area contributed by atoms with Gasteiger partial charge in [-0.15, -0.1) is 11.3 Å². The molecule has 1 amide bonds. The van der Waals surface area contributed by atoms with Crippen LogP contribution < -0.4 is 5.43 Å². The summed E-state index contributed by atoms with van der Waals surface area (Å²) >= 11 is 1.53.